The van der Waals surface area contributed by atoms with Crippen LogP contribution in [-0.2, 0) is 11.2 Å². The largest absolute Gasteiger partial charge is 0.443 e. The maximum absolute atomic E-state index is 12.2. The molecule has 1 aliphatic heterocycles. The molecule has 1 aromatic rings. The fourth-order valence-corrected chi connectivity index (χ4v) is 2.32. The average Bonchev–Trinajstić information content (AvgIpc) is 2.78. The van der Waals surface area contributed by atoms with Crippen LogP contribution < -0.4 is 10.6 Å². The van der Waals surface area contributed by atoms with Crippen LogP contribution in [0.4, 0.5) is 10.5 Å². The van der Waals surface area contributed by atoms with E-state index < -0.39 is 5.60 Å². The number of carbonyl (C=O) groups excluding carboxylic acids is 1. The monoisotopic (exact) mass is 274 g/mol. The van der Waals surface area contributed by atoms with Gasteiger partial charge in [-0.1, -0.05) is 24.3 Å². The lowest BCUT2D eigenvalue weighted by atomic mass is 10.0. The van der Waals surface area contributed by atoms with Crippen molar-refractivity contribution in [2.45, 2.75) is 32.8 Å². The van der Waals surface area contributed by atoms with E-state index in [1.165, 1.54) is 5.56 Å². The normalized spacial score (nSPS) is 14.7. The van der Waals surface area contributed by atoms with E-state index in [0.717, 1.165) is 17.7 Å². The summed E-state index contributed by atoms with van der Waals surface area (Å²) in [7, 11) is 0. The standard InChI is InChI=1S/C16H22N2O2/c1-16(2,3)20-15(19)18-11-9-13-12(7-5-10-17)6-4-8-14(13)18/h4-8H,9-11,17H2,1-3H3/b7-5+. The molecule has 1 amide bonds. The molecule has 108 valence electrons. The van der Waals surface area contributed by atoms with Gasteiger partial charge in [0, 0.05) is 13.1 Å². The van der Waals surface area contributed by atoms with E-state index in [1.807, 2.05) is 51.1 Å². The van der Waals surface area contributed by atoms with Crippen LogP contribution in [-0.4, -0.2) is 24.8 Å². The molecule has 0 saturated carbocycles. The van der Waals surface area contributed by atoms with Gasteiger partial charge < -0.3 is 10.5 Å². The second-order valence-corrected chi connectivity index (χ2v) is 5.86. The van der Waals surface area contributed by atoms with Crippen LogP contribution in [0.15, 0.2) is 24.3 Å². The van der Waals surface area contributed by atoms with E-state index in [9.17, 15) is 4.79 Å². The molecule has 4 heteroatoms. The van der Waals surface area contributed by atoms with Gasteiger partial charge in [0.1, 0.15) is 5.60 Å². The maximum Gasteiger partial charge on any atom is 0.414 e. The first-order valence-electron chi connectivity index (χ1n) is 6.91. The van der Waals surface area contributed by atoms with Gasteiger partial charge in [-0.3, -0.25) is 4.90 Å². The lowest BCUT2D eigenvalue weighted by Crippen LogP contribution is -2.35. The van der Waals surface area contributed by atoms with Crippen LogP contribution in [0.5, 0.6) is 0 Å². The van der Waals surface area contributed by atoms with E-state index in [2.05, 4.69) is 0 Å². The number of carbonyl (C=O) groups is 1. The van der Waals surface area contributed by atoms with Gasteiger partial charge in [-0.25, -0.2) is 4.79 Å². The van der Waals surface area contributed by atoms with Gasteiger partial charge in [0.25, 0.3) is 0 Å². The number of ether oxygens (including phenoxy) is 1. The van der Waals surface area contributed by atoms with Crippen molar-refractivity contribution in [2.24, 2.45) is 5.73 Å². The van der Waals surface area contributed by atoms with Crippen molar-refractivity contribution in [3.8, 4) is 0 Å². The summed E-state index contributed by atoms with van der Waals surface area (Å²) in [5, 5.41) is 0. The number of nitrogens with two attached hydrogens (primary N) is 1. The van der Waals surface area contributed by atoms with Gasteiger partial charge in [0.05, 0.1) is 5.69 Å². The Balaban J connectivity index is 2.25. The van der Waals surface area contributed by atoms with E-state index in [-0.39, 0.29) is 6.09 Å². The first kappa shape index (κ1) is 14.6. The quantitative estimate of drug-likeness (QED) is 0.902. The third-order valence-electron chi connectivity index (χ3n) is 3.11. The van der Waals surface area contributed by atoms with Gasteiger partial charge >= 0.3 is 6.09 Å². The Morgan fingerprint density at radius 3 is 2.85 bits per heavy atom. The second kappa shape index (κ2) is 5.67. The highest BCUT2D eigenvalue weighted by molar-refractivity contribution is 5.91. The van der Waals surface area contributed by atoms with E-state index in [4.69, 9.17) is 10.5 Å². The number of benzene rings is 1. The first-order valence-corrected chi connectivity index (χ1v) is 6.91. The minimum atomic E-state index is -0.475. The number of hydrogen-bond donors (Lipinski definition) is 1. The van der Waals surface area contributed by atoms with Gasteiger partial charge in [-0.2, -0.15) is 0 Å². The molecule has 20 heavy (non-hydrogen) atoms. The minimum Gasteiger partial charge on any atom is -0.443 e. The number of hydrogen-bond acceptors (Lipinski definition) is 3. The molecule has 4 nitrogen and oxygen atoms in total. The number of nitrogens with zero attached hydrogens (tertiary/aromatic N) is 1. The number of rotatable bonds is 2. The van der Waals surface area contributed by atoms with Crippen molar-refractivity contribution in [2.75, 3.05) is 18.0 Å². The van der Waals surface area contributed by atoms with Gasteiger partial charge in [0.2, 0.25) is 0 Å². The molecule has 0 aliphatic carbocycles. The molecule has 2 rings (SSSR count). The van der Waals surface area contributed by atoms with Gasteiger partial charge in [-0.05, 0) is 44.4 Å². The molecule has 2 N–H and O–H groups in total. The number of anilines is 1. The molecule has 1 aliphatic rings. The van der Waals surface area contributed by atoms with Crippen LogP contribution in [0.3, 0.4) is 0 Å². The summed E-state index contributed by atoms with van der Waals surface area (Å²) in [6.07, 6.45) is 4.50. The third-order valence-corrected chi connectivity index (χ3v) is 3.11. The van der Waals surface area contributed by atoms with Crippen LogP contribution in [0, 0.1) is 0 Å². The predicted octanol–water partition coefficient (Wildman–Crippen LogP) is 2.96. The summed E-state index contributed by atoms with van der Waals surface area (Å²) in [6.45, 7) is 6.81. The fourth-order valence-electron chi connectivity index (χ4n) is 2.32. The van der Waals surface area contributed by atoms with Crippen molar-refractivity contribution in [3.63, 3.8) is 0 Å². The number of amides is 1. The fraction of sp³-hybridized carbons (Fsp3) is 0.438. The molecule has 1 heterocycles. The third kappa shape index (κ3) is 3.20. The maximum atomic E-state index is 12.2. The van der Waals surface area contributed by atoms with Gasteiger partial charge in [-0.15, -0.1) is 0 Å². The minimum absolute atomic E-state index is 0.281. The van der Waals surface area contributed by atoms with Crippen LogP contribution in [0.2, 0.25) is 0 Å². The highest BCUT2D eigenvalue weighted by Crippen LogP contribution is 2.32. The summed E-state index contributed by atoms with van der Waals surface area (Å²) in [6, 6.07) is 5.97. The molecule has 0 aromatic heterocycles. The Hall–Kier alpha value is -1.81. The highest BCUT2D eigenvalue weighted by Gasteiger charge is 2.29. The van der Waals surface area contributed by atoms with Crippen LogP contribution in [0.1, 0.15) is 31.9 Å². The molecule has 0 saturated heterocycles. The zero-order valence-corrected chi connectivity index (χ0v) is 12.3. The molecule has 0 radical (unpaired) electrons. The summed E-state index contributed by atoms with van der Waals surface area (Å²) in [5.74, 6) is 0. The van der Waals surface area contributed by atoms with Crippen LogP contribution >= 0.6 is 0 Å². The first-order chi connectivity index (χ1) is 9.42. The Morgan fingerprint density at radius 1 is 1.45 bits per heavy atom. The van der Waals surface area contributed by atoms with Gasteiger partial charge in [0.15, 0.2) is 0 Å². The molecule has 0 spiro atoms. The van der Waals surface area contributed by atoms with E-state index in [1.54, 1.807) is 4.90 Å². The average molecular weight is 274 g/mol. The van der Waals surface area contributed by atoms with Crippen molar-refractivity contribution >= 4 is 17.9 Å². The predicted molar refractivity (Wildman–Crippen MR) is 81.8 cm³/mol. The summed E-state index contributed by atoms with van der Waals surface area (Å²) < 4.78 is 5.45. The lowest BCUT2D eigenvalue weighted by Gasteiger charge is -2.24. The Kier molecular flexibility index (Phi) is 4.14. The van der Waals surface area contributed by atoms with Crippen LogP contribution in [0.25, 0.3) is 6.08 Å². The number of fused-ring (bicyclic) bond motifs is 1. The molecular formula is C16H22N2O2. The SMILES string of the molecule is CC(C)(C)OC(=O)N1CCc2c(/C=C/CN)cccc21. The van der Waals surface area contributed by atoms with Crippen molar-refractivity contribution < 1.29 is 9.53 Å². The molecule has 1 aromatic carbocycles. The molecule has 0 unspecified atom stereocenters. The topological polar surface area (TPSA) is 55.6 Å². The summed E-state index contributed by atoms with van der Waals surface area (Å²) >= 11 is 0. The Labute approximate surface area is 120 Å². The zero-order valence-electron chi connectivity index (χ0n) is 12.3. The van der Waals surface area contributed by atoms with E-state index >= 15 is 0 Å². The second-order valence-electron chi connectivity index (χ2n) is 5.86. The lowest BCUT2D eigenvalue weighted by molar-refractivity contribution is 0.0584. The van der Waals surface area contributed by atoms with Crippen molar-refractivity contribution in [1.82, 2.24) is 0 Å². The summed E-state index contributed by atoms with van der Waals surface area (Å²) in [5.41, 5.74) is 8.27. The molecule has 0 atom stereocenters. The van der Waals surface area contributed by atoms with Crippen molar-refractivity contribution in [1.29, 1.82) is 0 Å². The smallest absolute Gasteiger partial charge is 0.414 e. The zero-order chi connectivity index (χ0) is 14.8. The summed E-state index contributed by atoms with van der Waals surface area (Å²) in [4.78, 5) is 13.9. The molecule has 0 bridgehead atoms. The van der Waals surface area contributed by atoms with Crippen molar-refractivity contribution in [3.05, 3.63) is 35.4 Å². The molecular weight excluding hydrogens is 252 g/mol. The van der Waals surface area contributed by atoms with E-state index in [0.29, 0.717) is 13.1 Å². The Bertz CT molecular complexity index is 530. The highest BCUT2D eigenvalue weighted by atomic mass is 16.6. The Morgan fingerprint density at radius 2 is 2.20 bits per heavy atom. The molecule has 0 fully saturated rings.